The second kappa shape index (κ2) is 4.73. The number of fused-ring (bicyclic) bond motifs is 1. The van der Waals surface area contributed by atoms with Crippen LogP contribution in [0.25, 0.3) is 0 Å². The lowest BCUT2D eigenvalue weighted by Crippen LogP contribution is -2.27. The van der Waals surface area contributed by atoms with Gasteiger partial charge in [-0.3, -0.25) is 4.78 Å². The Bertz CT molecular complexity index is 473. The Kier molecular flexibility index (Phi) is 3.51. The van der Waals surface area contributed by atoms with Crippen LogP contribution in [0.5, 0.6) is 0 Å². The highest BCUT2D eigenvalue weighted by Gasteiger charge is 2.17. The highest BCUT2D eigenvalue weighted by atomic mass is 35.5. The molecule has 4 nitrogen and oxygen atoms in total. The van der Waals surface area contributed by atoms with Crippen molar-refractivity contribution in [2.45, 2.75) is 24.0 Å². The Morgan fingerprint density at radius 1 is 1.56 bits per heavy atom. The van der Waals surface area contributed by atoms with Gasteiger partial charge in [0.2, 0.25) is 0 Å². The zero-order valence-corrected chi connectivity index (χ0v) is 11.2. The second-order valence-electron chi connectivity index (χ2n) is 3.48. The van der Waals surface area contributed by atoms with E-state index in [1.165, 1.54) is 11.9 Å². The van der Waals surface area contributed by atoms with E-state index in [9.17, 15) is 0 Å². The Balaban J connectivity index is 2.37. The van der Waals surface area contributed by atoms with Gasteiger partial charge in [-0.25, -0.2) is 9.98 Å². The number of nitrogens with zero attached hydrogens (tertiary/aromatic N) is 2. The van der Waals surface area contributed by atoms with E-state index in [1.807, 2.05) is 13.8 Å². The highest BCUT2D eigenvalue weighted by Crippen LogP contribution is 2.32. The molecule has 16 heavy (non-hydrogen) atoms. The topological polar surface area (TPSA) is 61.1 Å². The van der Waals surface area contributed by atoms with Crippen LogP contribution in [0, 0.1) is 4.78 Å². The summed E-state index contributed by atoms with van der Waals surface area (Å²) in [6.07, 6.45) is 1.69. The average Bonchev–Trinajstić information content (AvgIpc) is 2.26. The minimum Gasteiger partial charge on any atom is -0.304 e. The van der Waals surface area contributed by atoms with Crippen molar-refractivity contribution in [2.24, 2.45) is 4.99 Å². The molecule has 1 aromatic rings. The first-order valence-electron chi connectivity index (χ1n) is 4.69. The summed E-state index contributed by atoms with van der Waals surface area (Å²) < 4.78 is 11.1. The zero-order valence-electron chi connectivity index (χ0n) is 8.82. The summed E-state index contributed by atoms with van der Waals surface area (Å²) in [4.78, 5) is 9.34. The summed E-state index contributed by atoms with van der Waals surface area (Å²) in [7, 11) is -0.618. The van der Waals surface area contributed by atoms with E-state index in [1.54, 1.807) is 12.3 Å². The smallest absolute Gasteiger partial charge is 0.183 e. The summed E-state index contributed by atoms with van der Waals surface area (Å²) in [6.45, 7) is 4.03. The lowest BCUT2D eigenvalue weighted by Gasteiger charge is -2.18. The van der Waals surface area contributed by atoms with Gasteiger partial charge in [0.05, 0.1) is 10.6 Å². The molecule has 0 amide bonds. The average molecular weight is 275 g/mol. The molecule has 0 aliphatic carbocycles. The number of aliphatic imine (C=N–C) groups is 1. The van der Waals surface area contributed by atoms with Crippen LogP contribution in [0.15, 0.2) is 22.2 Å². The molecule has 2 rings (SSSR count). The van der Waals surface area contributed by atoms with Gasteiger partial charge in [-0.1, -0.05) is 25.4 Å². The normalized spacial score (nSPS) is 16.4. The molecule has 0 radical (unpaired) electrons. The number of hydrogen-bond donors (Lipinski definition) is 2. The second-order valence-corrected chi connectivity index (χ2v) is 6.72. The fourth-order valence-corrected chi connectivity index (χ4v) is 2.96. The number of rotatable bonds is 1. The van der Waals surface area contributed by atoms with Crippen molar-refractivity contribution < 1.29 is 0 Å². The third kappa shape index (κ3) is 2.39. The summed E-state index contributed by atoms with van der Waals surface area (Å²) in [5, 5.41) is 1.39. The fourth-order valence-electron chi connectivity index (χ4n) is 1.12. The van der Waals surface area contributed by atoms with Crippen molar-refractivity contribution in [3.63, 3.8) is 0 Å². The van der Waals surface area contributed by atoms with Gasteiger partial charge in [0.1, 0.15) is 5.15 Å². The zero-order chi connectivity index (χ0) is 11.7. The monoisotopic (exact) mass is 274 g/mol. The van der Waals surface area contributed by atoms with E-state index in [2.05, 4.69) is 14.7 Å². The Morgan fingerprint density at radius 2 is 2.31 bits per heavy atom. The molecule has 1 atom stereocenters. The van der Waals surface area contributed by atoms with E-state index in [0.717, 1.165) is 10.6 Å². The predicted molar refractivity (Wildman–Crippen MR) is 70.6 cm³/mol. The first kappa shape index (κ1) is 11.9. The van der Waals surface area contributed by atoms with Crippen molar-refractivity contribution in [3.05, 3.63) is 17.4 Å². The molecule has 0 fully saturated rings. The van der Waals surface area contributed by atoms with Crippen LogP contribution in [0.3, 0.4) is 0 Å². The minimum absolute atomic E-state index is 0.255. The molecule has 1 aliphatic rings. The maximum atomic E-state index is 7.99. The van der Waals surface area contributed by atoms with E-state index in [0.29, 0.717) is 10.3 Å². The number of hydrogen-bond acceptors (Lipinski definition) is 5. The van der Waals surface area contributed by atoms with Gasteiger partial charge in [-0.15, -0.1) is 0 Å². The fraction of sp³-hybridized carbons (Fsp3) is 0.333. The van der Waals surface area contributed by atoms with Crippen LogP contribution in [0.1, 0.15) is 13.8 Å². The first-order chi connectivity index (χ1) is 7.58. The molecule has 0 bridgehead atoms. The quantitative estimate of drug-likeness (QED) is 0.611. The van der Waals surface area contributed by atoms with Gasteiger partial charge < -0.3 is 4.72 Å². The van der Waals surface area contributed by atoms with E-state index >= 15 is 0 Å². The number of aromatic nitrogens is 1. The van der Waals surface area contributed by atoms with Gasteiger partial charge in [0.25, 0.3) is 0 Å². The molecule has 2 N–H and O–H groups in total. The van der Waals surface area contributed by atoms with Gasteiger partial charge in [-0.05, 0) is 22.6 Å². The lowest BCUT2D eigenvalue weighted by atomic mass is 10.4. The molecule has 7 heteroatoms. The van der Waals surface area contributed by atoms with Crippen LogP contribution in [0.2, 0.25) is 5.15 Å². The van der Waals surface area contributed by atoms with Crippen LogP contribution >= 0.6 is 23.5 Å². The standard InChI is InChI=1S/C9H11ClN4S2/c1-5(2)16(11)9-13-6-3-8(10)12-4-7(6)15-14-9/h3-5,11H,1-2H3,(H,13,14). The predicted octanol–water partition coefficient (Wildman–Crippen LogP) is 3.12. The van der Waals surface area contributed by atoms with E-state index < -0.39 is 10.7 Å². The molecular formula is C9H11ClN4S2. The Hall–Kier alpha value is -0.590. The molecule has 1 aliphatic heterocycles. The van der Waals surface area contributed by atoms with Crippen LogP contribution in [-0.2, 0) is 10.7 Å². The largest absolute Gasteiger partial charge is 0.304 e. The highest BCUT2D eigenvalue weighted by molar-refractivity contribution is 8.06. The van der Waals surface area contributed by atoms with Gasteiger partial charge in [-0.2, -0.15) is 0 Å². The van der Waals surface area contributed by atoms with E-state index in [-0.39, 0.29) is 5.25 Å². The van der Waals surface area contributed by atoms with Crippen molar-refractivity contribution in [2.75, 3.05) is 0 Å². The molecular weight excluding hydrogens is 264 g/mol. The molecule has 0 spiro atoms. The van der Waals surface area contributed by atoms with Crippen molar-refractivity contribution in [1.29, 1.82) is 4.78 Å². The van der Waals surface area contributed by atoms with Gasteiger partial charge >= 0.3 is 0 Å². The van der Waals surface area contributed by atoms with Crippen LogP contribution < -0.4 is 4.72 Å². The maximum absolute atomic E-state index is 7.99. The molecule has 86 valence electrons. The van der Waals surface area contributed by atoms with Gasteiger partial charge in [0, 0.05) is 17.5 Å². The SMILES string of the molecule is CC(C)S(=N)C1=Nc2cc(Cl)ncc2SN1. The maximum Gasteiger partial charge on any atom is 0.183 e. The number of nitrogens with one attached hydrogen (secondary N) is 2. The minimum atomic E-state index is -0.618. The van der Waals surface area contributed by atoms with Crippen molar-refractivity contribution in [1.82, 2.24) is 9.71 Å². The third-order valence-electron chi connectivity index (χ3n) is 1.96. The Labute approximate surface area is 106 Å². The van der Waals surface area contributed by atoms with Crippen LogP contribution in [0.4, 0.5) is 5.69 Å². The summed E-state index contributed by atoms with van der Waals surface area (Å²) in [5.41, 5.74) is 0.796. The van der Waals surface area contributed by atoms with Crippen molar-refractivity contribution in [3.8, 4) is 0 Å². The molecule has 2 heterocycles. The molecule has 1 aromatic heterocycles. The molecule has 0 saturated heterocycles. The number of amidine groups is 1. The van der Waals surface area contributed by atoms with Crippen LogP contribution in [-0.4, -0.2) is 15.4 Å². The van der Waals surface area contributed by atoms with Crippen molar-refractivity contribution >= 4 is 45.1 Å². The van der Waals surface area contributed by atoms with E-state index in [4.69, 9.17) is 16.4 Å². The first-order valence-corrected chi connectivity index (χ1v) is 7.17. The lowest BCUT2D eigenvalue weighted by molar-refractivity contribution is 1.10. The molecule has 0 aromatic carbocycles. The third-order valence-corrected chi connectivity index (χ3v) is 4.68. The Morgan fingerprint density at radius 3 is 3.00 bits per heavy atom. The number of pyridine rings is 1. The molecule has 1 unspecified atom stereocenters. The van der Waals surface area contributed by atoms with Gasteiger partial charge in [0.15, 0.2) is 5.17 Å². The number of halogens is 1. The summed E-state index contributed by atoms with van der Waals surface area (Å²) in [5.74, 6) is 0. The summed E-state index contributed by atoms with van der Waals surface area (Å²) >= 11 is 7.25. The summed E-state index contributed by atoms with van der Waals surface area (Å²) in [6, 6.07) is 1.72. The molecule has 0 saturated carbocycles.